The third-order valence-corrected chi connectivity index (χ3v) is 3.75. The molecule has 1 aliphatic carbocycles. The fourth-order valence-corrected chi connectivity index (χ4v) is 3.05. The van der Waals surface area contributed by atoms with E-state index in [0.29, 0.717) is 6.04 Å². The molecule has 2 rings (SSSR count). The van der Waals surface area contributed by atoms with Crippen LogP contribution in [0, 0.1) is 11.8 Å². The van der Waals surface area contributed by atoms with Gasteiger partial charge in [0.05, 0.1) is 11.7 Å². The Morgan fingerprint density at radius 2 is 2.00 bits per heavy atom. The predicted molar refractivity (Wildman–Crippen MR) is 70.8 cm³/mol. The Morgan fingerprint density at radius 3 is 2.65 bits per heavy atom. The molecular formula is C14H25N3. The standard InChI is InChI=1S/C14H25N3/c1-4-15-10-13-5-6-17(16-13)14-8-11(2)7-12(3)9-14/h5-6,11-12,14-15H,4,7-10H2,1-3H3. The number of nitrogens with one attached hydrogen (secondary N) is 1. The van der Waals surface area contributed by atoms with Crippen LogP contribution in [-0.4, -0.2) is 16.3 Å². The molecule has 0 saturated heterocycles. The minimum atomic E-state index is 0.615. The van der Waals surface area contributed by atoms with Crippen LogP contribution in [0.4, 0.5) is 0 Å². The molecule has 96 valence electrons. The lowest BCUT2D eigenvalue weighted by atomic mass is 9.80. The molecule has 0 aliphatic heterocycles. The first-order chi connectivity index (χ1) is 8.19. The summed E-state index contributed by atoms with van der Waals surface area (Å²) in [6, 6.07) is 2.76. The number of hydrogen-bond acceptors (Lipinski definition) is 2. The quantitative estimate of drug-likeness (QED) is 0.869. The van der Waals surface area contributed by atoms with Crippen molar-refractivity contribution in [1.29, 1.82) is 0 Å². The first-order valence-electron chi connectivity index (χ1n) is 6.93. The van der Waals surface area contributed by atoms with Crippen LogP contribution in [-0.2, 0) is 6.54 Å². The fourth-order valence-electron chi connectivity index (χ4n) is 3.05. The summed E-state index contributed by atoms with van der Waals surface area (Å²) in [4.78, 5) is 0. The molecule has 1 aliphatic rings. The van der Waals surface area contributed by atoms with Crippen LogP contribution in [0.2, 0.25) is 0 Å². The monoisotopic (exact) mass is 235 g/mol. The van der Waals surface area contributed by atoms with Gasteiger partial charge in [0.1, 0.15) is 0 Å². The van der Waals surface area contributed by atoms with E-state index in [4.69, 9.17) is 5.10 Å². The van der Waals surface area contributed by atoms with Gasteiger partial charge in [0.2, 0.25) is 0 Å². The van der Waals surface area contributed by atoms with Crippen LogP contribution in [0.1, 0.15) is 51.8 Å². The summed E-state index contributed by atoms with van der Waals surface area (Å²) in [6.07, 6.45) is 6.10. The average Bonchev–Trinajstić information content (AvgIpc) is 2.73. The highest BCUT2D eigenvalue weighted by atomic mass is 15.3. The van der Waals surface area contributed by atoms with Crippen molar-refractivity contribution in [3.63, 3.8) is 0 Å². The van der Waals surface area contributed by atoms with Gasteiger partial charge in [-0.2, -0.15) is 5.10 Å². The summed E-state index contributed by atoms with van der Waals surface area (Å²) in [5, 5.41) is 8.02. The van der Waals surface area contributed by atoms with Gasteiger partial charge in [-0.3, -0.25) is 4.68 Å². The van der Waals surface area contributed by atoms with Crippen LogP contribution >= 0.6 is 0 Å². The van der Waals surface area contributed by atoms with Gasteiger partial charge in [0, 0.05) is 12.7 Å². The normalized spacial score (nSPS) is 29.5. The molecule has 1 N–H and O–H groups in total. The lowest BCUT2D eigenvalue weighted by Gasteiger charge is -2.31. The second-order valence-electron chi connectivity index (χ2n) is 5.64. The van der Waals surface area contributed by atoms with E-state index in [-0.39, 0.29) is 0 Å². The van der Waals surface area contributed by atoms with Gasteiger partial charge in [0.15, 0.2) is 0 Å². The topological polar surface area (TPSA) is 29.9 Å². The van der Waals surface area contributed by atoms with E-state index in [0.717, 1.165) is 30.6 Å². The molecule has 2 atom stereocenters. The summed E-state index contributed by atoms with van der Waals surface area (Å²) < 4.78 is 2.19. The van der Waals surface area contributed by atoms with Crippen molar-refractivity contribution in [3.05, 3.63) is 18.0 Å². The zero-order valence-electron chi connectivity index (χ0n) is 11.3. The van der Waals surface area contributed by atoms with Crippen molar-refractivity contribution in [2.24, 2.45) is 11.8 Å². The average molecular weight is 235 g/mol. The Hall–Kier alpha value is -0.830. The van der Waals surface area contributed by atoms with Gasteiger partial charge in [-0.05, 0) is 43.7 Å². The molecule has 0 spiro atoms. The van der Waals surface area contributed by atoms with Gasteiger partial charge >= 0.3 is 0 Å². The zero-order chi connectivity index (χ0) is 12.3. The molecule has 17 heavy (non-hydrogen) atoms. The van der Waals surface area contributed by atoms with Gasteiger partial charge in [-0.25, -0.2) is 0 Å². The van der Waals surface area contributed by atoms with Crippen molar-refractivity contribution in [2.75, 3.05) is 6.54 Å². The first kappa shape index (κ1) is 12.6. The SMILES string of the molecule is CCNCc1ccn(C2CC(C)CC(C)C2)n1. The van der Waals surface area contributed by atoms with Crippen LogP contribution in [0.15, 0.2) is 12.3 Å². The summed E-state index contributed by atoms with van der Waals surface area (Å²) >= 11 is 0. The van der Waals surface area contributed by atoms with E-state index in [1.54, 1.807) is 0 Å². The minimum absolute atomic E-state index is 0.615. The van der Waals surface area contributed by atoms with Crippen molar-refractivity contribution >= 4 is 0 Å². The molecule has 1 saturated carbocycles. The zero-order valence-corrected chi connectivity index (χ0v) is 11.3. The molecule has 0 aromatic carbocycles. The minimum Gasteiger partial charge on any atom is -0.311 e. The lowest BCUT2D eigenvalue weighted by molar-refractivity contribution is 0.209. The Balaban J connectivity index is 1.98. The number of nitrogens with zero attached hydrogens (tertiary/aromatic N) is 2. The molecule has 3 nitrogen and oxygen atoms in total. The highest BCUT2D eigenvalue weighted by molar-refractivity contribution is 5.00. The van der Waals surface area contributed by atoms with Gasteiger partial charge in [0.25, 0.3) is 0 Å². The molecule has 1 aromatic rings. The molecule has 0 bridgehead atoms. The Morgan fingerprint density at radius 1 is 1.29 bits per heavy atom. The van der Waals surface area contributed by atoms with E-state index in [1.165, 1.54) is 19.3 Å². The van der Waals surface area contributed by atoms with Gasteiger partial charge in [-0.15, -0.1) is 0 Å². The molecule has 0 amide bonds. The van der Waals surface area contributed by atoms with Gasteiger partial charge in [-0.1, -0.05) is 20.8 Å². The van der Waals surface area contributed by atoms with E-state index in [1.807, 2.05) is 0 Å². The van der Waals surface area contributed by atoms with E-state index < -0.39 is 0 Å². The summed E-state index contributed by atoms with van der Waals surface area (Å²) in [6.45, 7) is 8.75. The fraction of sp³-hybridized carbons (Fsp3) is 0.786. The molecule has 2 unspecified atom stereocenters. The van der Waals surface area contributed by atoms with Crippen LogP contribution in [0.5, 0.6) is 0 Å². The summed E-state index contributed by atoms with van der Waals surface area (Å²) in [5.41, 5.74) is 1.16. The van der Waals surface area contributed by atoms with Crippen LogP contribution in [0.25, 0.3) is 0 Å². The number of hydrogen-bond donors (Lipinski definition) is 1. The molecule has 3 heteroatoms. The summed E-state index contributed by atoms with van der Waals surface area (Å²) in [5.74, 6) is 1.68. The molecular weight excluding hydrogens is 210 g/mol. The Bertz CT molecular complexity index is 335. The van der Waals surface area contributed by atoms with E-state index in [9.17, 15) is 0 Å². The molecule has 0 radical (unpaired) electrons. The second-order valence-corrected chi connectivity index (χ2v) is 5.64. The maximum absolute atomic E-state index is 4.69. The van der Waals surface area contributed by atoms with Gasteiger partial charge < -0.3 is 5.32 Å². The van der Waals surface area contributed by atoms with Crippen molar-refractivity contribution < 1.29 is 0 Å². The maximum Gasteiger partial charge on any atom is 0.0762 e. The largest absolute Gasteiger partial charge is 0.311 e. The Kier molecular flexibility index (Phi) is 4.21. The van der Waals surface area contributed by atoms with Crippen molar-refractivity contribution in [3.8, 4) is 0 Å². The third-order valence-electron chi connectivity index (χ3n) is 3.75. The van der Waals surface area contributed by atoms with Crippen molar-refractivity contribution in [2.45, 2.75) is 52.6 Å². The highest BCUT2D eigenvalue weighted by Crippen LogP contribution is 2.35. The van der Waals surface area contributed by atoms with Crippen LogP contribution < -0.4 is 5.32 Å². The van der Waals surface area contributed by atoms with Crippen LogP contribution in [0.3, 0.4) is 0 Å². The molecule has 1 aromatic heterocycles. The molecule has 1 heterocycles. The van der Waals surface area contributed by atoms with E-state index in [2.05, 4.69) is 43.0 Å². The first-order valence-corrected chi connectivity index (χ1v) is 6.93. The third kappa shape index (κ3) is 3.32. The highest BCUT2D eigenvalue weighted by Gasteiger charge is 2.25. The maximum atomic E-state index is 4.69. The predicted octanol–water partition coefficient (Wildman–Crippen LogP) is 2.99. The lowest BCUT2D eigenvalue weighted by Crippen LogP contribution is -2.23. The summed E-state index contributed by atoms with van der Waals surface area (Å²) in [7, 11) is 0. The number of aromatic nitrogens is 2. The van der Waals surface area contributed by atoms with Crippen molar-refractivity contribution in [1.82, 2.24) is 15.1 Å². The number of rotatable bonds is 4. The second kappa shape index (κ2) is 5.67. The molecule has 1 fully saturated rings. The van der Waals surface area contributed by atoms with E-state index >= 15 is 0 Å². The Labute approximate surface area is 105 Å². The smallest absolute Gasteiger partial charge is 0.0762 e.